The van der Waals surface area contributed by atoms with Gasteiger partial charge in [-0.15, -0.1) is 3.89 Å². The SMILES string of the molecule is O=C(Cc1ccc(S(=O)(=O)F)cc1)NCc1ccco1. The van der Waals surface area contributed by atoms with Crippen LogP contribution in [0.3, 0.4) is 0 Å². The van der Waals surface area contributed by atoms with Gasteiger partial charge in [0.15, 0.2) is 0 Å². The number of rotatable bonds is 5. The fourth-order valence-corrected chi connectivity index (χ4v) is 2.08. The highest BCUT2D eigenvalue weighted by molar-refractivity contribution is 7.86. The van der Waals surface area contributed by atoms with Crippen molar-refractivity contribution in [1.29, 1.82) is 0 Å². The summed E-state index contributed by atoms with van der Waals surface area (Å²) < 4.78 is 39.0. The van der Waals surface area contributed by atoms with Crippen molar-refractivity contribution in [2.75, 3.05) is 0 Å². The molecule has 2 aromatic rings. The largest absolute Gasteiger partial charge is 0.467 e. The molecular weight excluding hydrogens is 285 g/mol. The van der Waals surface area contributed by atoms with E-state index < -0.39 is 15.1 Å². The summed E-state index contributed by atoms with van der Waals surface area (Å²) in [5, 5.41) is 2.65. The number of hydrogen-bond donors (Lipinski definition) is 1. The molecule has 0 spiro atoms. The van der Waals surface area contributed by atoms with E-state index in [4.69, 9.17) is 4.42 Å². The summed E-state index contributed by atoms with van der Waals surface area (Å²) in [4.78, 5) is 11.2. The standard InChI is InChI=1S/C13H12FNO4S/c14-20(17,18)12-5-3-10(4-6-12)8-13(16)15-9-11-2-1-7-19-11/h1-7H,8-9H2,(H,15,16). The van der Waals surface area contributed by atoms with Crippen LogP contribution in [-0.2, 0) is 28.0 Å². The Kier molecular flexibility index (Phi) is 4.19. The smallest absolute Gasteiger partial charge is 0.332 e. The van der Waals surface area contributed by atoms with E-state index in [9.17, 15) is 17.1 Å². The molecule has 7 heteroatoms. The number of carbonyl (C=O) groups excluding carboxylic acids is 1. The van der Waals surface area contributed by atoms with Crippen LogP contribution in [0.2, 0.25) is 0 Å². The van der Waals surface area contributed by atoms with Gasteiger partial charge >= 0.3 is 10.2 Å². The molecule has 0 aliphatic carbocycles. The van der Waals surface area contributed by atoms with E-state index in [0.717, 1.165) is 12.1 Å². The van der Waals surface area contributed by atoms with Gasteiger partial charge in [-0.25, -0.2) is 0 Å². The predicted octanol–water partition coefficient (Wildman–Crippen LogP) is 1.80. The molecule has 0 unspecified atom stereocenters. The second kappa shape index (κ2) is 5.87. The first kappa shape index (κ1) is 14.3. The third-order valence-corrected chi connectivity index (χ3v) is 3.44. The van der Waals surface area contributed by atoms with Gasteiger partial charge in [0, 0.05) is 0 Å². The van der Waals surface area contributed by atoms with Crippen molar-refractivity contribution in [3.8, 4) is 0 Å². The summed E-state index contributed by atoms with van der Waals surface area (Å²) in [6, 6.07) is 8.52. The first-order valence-corrected chi connectivity index (χ1v) is 7.16. The molecule has 0 atom stereocenters. The van der Waals surface area contributed by atoms with Crippen molar-refractivity contribution < 1.29 is 21.5 Å². The topological polar surface area (TPSA) is 76.4 Å². The van der Waals surface area contributed by atoms with Gasteiger partial charge in [0.2, 0.25) is 5.91 Å². The fourth-order valence-electron chi connectivity index (χ4n) is 1.62. The van der Waals surface area contributed by atoms with E-state index in [1.165, 1.54) is 18.4 Å². The average Bonchev–Trinajstić information content (AvgIpc) is 2.89. The molecule has 106 valence electrons. The van der Waals surface area contributed by atoms with Crippen LogP contribution in [0.5, 0.6) is 0 Å². The molecule has 20 heavy (non-hydrogen) atoms. The van der Waals surface area contributed by atoms with Crippen LogP contribution in [-0.4, -0.2) is 14.3 Å². The van der Waals surface area contributed by atoms with Gasteiger partial charge in [-0.2, -0.15) is 8.42 Å². The number of carbonyl (C=O) groups is 1. The summed E-state index contributed by atoms with van der Waals surface area (Å²) in [6.07, 6.45) is 1.59. The quantitative estimate of drug-likeness (QED) is 0.854. The molecule has 0 saturated carbocycles. The Morgan fingerprint density at radius 3 is 2.45 bits per heavy atom. The van der Waals surface area contributed by atoms with E-state index in [2.05, 4.69) is 5.32 Å². The molecule has 2 rings (SSSR count). The zero-order valence-electron chi connectivity index (χ0n) is 10.4. The summed E-state index contributed by atoms with van der Waals surface area (Å²) in [5.41, 5.74) is 0.592. The summed E-state index contributed by atoms with van der Waals surface area (Å²) in [7, 11) is -4.70. The first-order chi connectivity index (χ1) is 9.45. The molecule has 0 radical (unpaired) electrons. The highest BCUT2D eigenvalue weighted by atomic mass is 32.3. The molecule has 0 aliphatic heterocycles. The Hall–Kier alpha value is -2.15. The lowest BCUT2D eigenvalue weighted by Crippen LogP contribution is -2.24. The third kappa shape index (κ3) is 3.92. The summed E-state index contributed by atoms with van der Waals surface area (Å²) >= 11 is 0. The van der Waals surface area contributed by atoms with Crippen molar-refractivity contribution in [2.24, 2.45) is 0 Å². The van der Waals surface area contributed by atoms with Crippen LogP contribution in [0.4, 0.5) is 3.89 Å². The van der Waals surface area contributed by atoms with Gasteiger partial charge in [0.05, 0.1) is 24.1 Å². The normalized spacial score (nSPS) is 11.2. The predicted molar refractivity (Wildman–Crippen MR) is 69.0 cm³/mol. The van der Waals surface area contributed by atoms with E-state index in [1.807, 2.05) is 0 Å². The van der Waals surface area contributed by atoms with Crippen molar-refractivity contribution in [2.45, 2.75) is 17.9 Å². The van der Waals surface area contributed by atoms with Crippen molar-refractivity contribution in [3.63, 3.8) is 0 Å². The highest BCUT2D eigenvalue weighted by Crippen LogP contribution is 2.13. The molecular formula is C13H12FNO4S. The van der Waals surface area contributed by atoms with Gasteiger partial charge in [-0.1, -0.05) is 12.1 Å². The maximum atomic E-state index is 12.7. The van der Waals surface area contributed by atoms with Gasteiger partial charge in [0.25, 0.3) is 0 Å². The van der Waals surface area contributed by atoms with Crippen molar-refractivity contribution in [3.05, 3.63) is 54.0 Å². The molecule has 1 aromatic carbocycles. The number of hydrogen-bond acceptors (Lipinski definition) is 4. The minimum absolute atomic E-state index is 0.0767. The van der Waals surface area contributed by atoms with Crippen molar-refractivity contribution >= 4 is 16.1 Å². The molecule has 1 heterocycles. The lowest BCUT2D eigenvalue weighted by atomic mass is 10.1. The number of halogens is 1. The van der Waals surface area contributed by atoms with Gasteiger partial charge in [-0.05, 0) is 29.8 Å². The van der Waals surface area contributed by atoms with Crippen LogP contribution in [0, 0.1) is 0 Å². The Morgan fingerprint density at radius 1 is 1.20 bits per heavy atom. The first-order valence-electron chi connectivity index (χ1n) is 5.78. The Bertz CT molecular complexity index is 678. The number of nitrogens with one attached hydrogen (secondary N) is 1. The molecule has 0 saturated heterocycles. The van der Waals surface area contributed by atoms with E-state index in [-0.39, 0.29) is 18.9 Å². The van der Waals surface area contributed by atoms with Crippen LogP contribution in [0.15, 0.2) is 52.0 Å². The number of benzene rings is 1. The monoisotopic (exact) mass is 297 g/mol. The van der Waals surface area contributed by atoms with Gasteiger partial charge in [-0.3, -0.25) is 4.79 Å². The minimum atomic E-state index is -4.70. The maximum Gasteiger partial charge on any atom is 0.332 e. The van der Waals surface area contributed by atoms with Gasteiger partial charge < -0.3 is 9.73 Å². The summed E-state index contributed by atoms with van der Waals surface area (Å²) in [6.45, 7) is 0.281. The van der Waals surface area contributed by atoms with E-state index in [1.54, 1.807) is 12.1 Å². The lowest BCUT2D eigenvalue weighted by Gasteiger charge is -2.04. The average molecular weight is 297 g/mol. The van der Waals surface area contributed by atoms with Crippen LogP contribution in [0.25, 0.3) is 0 Å². The lowest BCUT2D eigenvalue weighted by molar-refractivity contribution is -0.120. The van der Waals surface area contributed by atoms with E-state index >= 15 is 0 Å². The molecule has 1 amide bonds. The Morgan fingerprint density at radius 2 is 1.90 bits per heavy atom. The Labute approximate surface area is 115 Å². The molecule has 1 aromatic heterocycles. The second-order valence-corrected chi connectivity index (χ2v) is 5.46. The molecule has 1 N–H and O–H groups in total. The highest BCUT2D eigenvalue weighted by Gasteiger charge is 2.11. The van der Waals surface area contributed by atoms with Gasteiger partial charge in [0.1, 0.15) is 5.76 Å². The van der Waals surface area contributed by atoms with E-state index in [0.29, 0.717) is 11.3 Å². The molecule has 0 fully saturated rings. The molecule has 5 nitrogen and oxygen atoms in total. The zero-order chi connectivity index (χ0) is 14.6. The maximum absolute atomic E-state index is 12.7. The van der Waals surface area contributed by atoms with Crippen LogP contribution < -0.4 is 5.32 Å². The van der Waals surface area contributed by atoms with Crippen LogP contribution in [0.1, 0.15) is 11.3 Å². The minimum Gasteiger partial charge on any atom is -0.467 e. The number of furan rings is 1. The zero-order valence-corrected chi connectivity index (χ0v) is 11.2. The summed E-state index contributed by atoms with van der Waals surface area (Å²) in [5.74, 6) is 0.398. The Balaban J connectivity index is 1.91. The fraction of sp³-hybridized carbons (Fsp3) is 0.154. The van der Waals surface area contributed by atoms with Crippen molar-refractivity contribution in [1.82, 2.24) is 5.32 Å². The van der Waals surface area contributed by atoms with Crippen LogP contribution >= 0.6 is 0 Å². The number of amides is 1. The molecule has 0 aliphatic rings. The molecule has 0 bridgehead atoms. The third-order valence-electron chi connectivity index (χ3n) is 2.61. The second-order valence-electron chi connectivity index (χ2n) is 4.11.